The van der Waals surface area contributed by atoms with Crippen molar-refractivity contribution in [1.29, 1.82) is 0 Å². The van der Waals surface area contributed by atoms with Gasteiger partial charge in [0.1, 0.15) is 17.2 Å². The summed E-state index contributed by atoms with van der Waals surface area (Å²) in [5.74, 6) is 2.09. The van der Waals surface area contributed by atoms with Crippen LogP contribution in [0.15, 0.2) is 12.1 Å². The second-order valence-corrected chi connectivity index (χ2v) is 6.65. The van der Waals surface area contributed by atoms with Gasteiger partial charge in [0.05, 0.1) is 16.9 Å². The molecular weight excluding hydrogens is 300 g/mol. The fourth-order valence-corrected chi connectivity index (χ4v) is 3.60. The number of rotatable bonds is 2. The molecule has 1 aliphatic heterocycles. The van der Waals surface area contributed by atoms with E-state index in [0.717, 1.165) is 72.3 Å². The van der Waals surface area contributed by atoms with E-state index >= 15 is 0 Å². The third-order valence-corrected chi connectivity index (χ3v) is 4.95. The summed E-state index contributed by atoms with van der Waals surface area (Å²) in [6.07, 6.45) is 0.883. The van der Waals surface area contributed by atoms with Gasteiger partial charge in [0, 0.05) is 32.6 Å². The summed E-state index contributed by atoms with van der Waals surface area (Å²) < 4.78 is 2.20. The molecule has 0 aromatic carbocycles. The van der Waals surface area contributed by atoms with Crippen molar-refractivity contribution in [3.8, 4) is 0 Å². The van der Waals surface area contributed by atoms with Crippen LogP contribution in [0.5, 0.6) is 0 Å². The van der Waals surface area contributed by atoms with Gasteiger partial charge < -0.3 is 9.80 Å². The van der Waals surface area contributed by atoms with Gasteiger partial charge in [-0.2, -0.15) is 0 Å². The number of imidazole rings is 1. The van der Waals surface area contributed by atoms with Gasteiger partial charge in [0.2, 0.25) is 0 Å². The number of likely N-dealkylation sites (N-methyl/N-ethyl adjacent to an activating group) is 1. The Bertz CT molecular complexity index is 905. The highest BCUT2D eigenvalue weighted by molar-refractivity contribution is 5.79. The third kappa shape index (κ3) is 2.33. The van der Waals surface area contributed by atoms with Crippen molar-refractivity contribution in [2.75, 3.05) is 38.1 Å². The molecule has 0 amide bonds. The van der Waals surface area contributed by atoms with Crippen molar-refractivity contribution in [2.45, 2.75) is 27.2 Å². The molecule has 1 saturated heterocycles. The molecule has 0 aliphatic carbocycles. The summed E-state index contributed by atoms with van der Waals surface area (Å²) in [4.78, 5) is 19.2. The lowest BCUT2D eigenvalue weighted by Crippen LogP contribution is -2.44. The predicted octanol–water partition coefficient (Wildman–Crippen LogP) is 2.21. The number of nitrogens with zero attached hydrogens (tertiary/aromatic N) is 6. The van der Waals surface area contributed by atoms with Crippen LogP contribution >= 0.6 is 0 Å². The number of hydrogen-bond acceptors (Lipinski definition) is 5. The number of pyridine rings is 1. The van der Waals surface area contributed by atoms with Crippen LogP contribution in [0.1, 0.15) is 24.1 Å². The largest absolute Gasteiger partial charge is 0.354 e. The predicted molar refractivity (Wildman–Crippen MR) is 96.9 cm³/mol. The van der Waals surface area contributed by atoms with E-state index in [9.17, 15) is 0 Å². The van der Waals surface area contributed by atoms with Crippen LogP contribution in [-0.4, -0.2) is 57.5 Å². The molecule has 0 radical (unpaired) electrons. The summed E-state index contributed by atoms with van der Waals surface area (Å²) >= 11 is 0. The van der Waals surface area contributed by atoms with Gasteiger partial charge in [-0.3, -0.25) is 4.40 Å². The molecule has 4 rings (SSSR count). The van der Waals surface area contributed by atoms with Crippen molar-refractivity contribution < 1.29 is 0 Å². The quantitative estimate of drug-likeness (QED) is 0.723. The standard InChI is InChI=1S/C18H24N6/c1-5-15-20-13(3)17-12(2)19-14-6-7-16(21-18(14)24(15)17)23-10-8-22(4)9-11-23/h6-7H,5,8-11H2,1-4H3. The van der Waals surface area contributed by atoms with Crippen molar-refractivity contribution in [3.05, 3.63) is 29.3 Å². The molecule has 6 nitrogen and oxygen atoms in total. The molecule has 1 fully saturated rings. The highest BCUT2D eigenvalue weighted by atomic mass is 15.3. The molecule has 126 valence electrons. The van der Waals surface area contributed by atoms with E-state index in [1.165, 1.54) is 0 Å². The Balaban J connectivity index is 1.92. The van der Waals surface area contributed by atoms with Crippen molar-refractivity contribution in [1.82, 2.24) is 24.3 Å². The maximum absolute atomic E-state index is 4.98. The minimum Gasteiger partial charge on any atom is -0.354 e. The first kappa shape index (κ1) is 15.3. The zero-order valence-electron chi connectivity index (χ0n) is 14.9. The average molecular weight is 324 g/mol. The smallest absolute Gasteiger partial charge is 0.167 e. The van der Waals surface area contributed by atoms with Crippen LogP contribution in [-0.2, 0) is 6.42 Å². The van der Waals surface area contributed by atoms with E-state index in [1.54, 1.807) is 0 Å². The number of anilines is 1. The van der Waals surface area contributed by atoms with Crippen LogP contribution in [0, 0.1) is 13.8 Å². The number of hydrogen-bond donors (Lipinski definition) is 0. The molecular formula is C18H24N6. The van der Waals surface area contributed by atoms with E-state index in [-0.39, 0.29) is 0 Å². The van der Waals surface area contributed by atoms with E-state index in [2.05, 4.69) is 54.2 Å². The first-order valence-electron chi connectivity index (χ1n) is 8.67. The second-order valence-electron chi connectivity index (χ2n) is 6.65. The lowest BCUT2D eigenvalue weighted by atomic mass is 10.2. The van der Waals surface area contributed by atoms with Crippen molar-refractivity contribution in [2.24, 2.45) is 0 Å². The van der Waals surface area contributed by atoms with E-state index < -0.39 is 0 Å². The fraction of sp³-hybridized carbons (Fsp3) is 0.500. The fourth-order valence-electron chi connectivity index (χ4n) is 3.60. The first-order chi connectivity index (χ1) is 11.6. The highest BCUT2D eigenvalue weighted by Gasteiger charge is 2.18. The Morgan fingerprint density at radius 2 is 1.67 bits per heavy atom. The van der Waals surface area contributed by atoms with Crippen LogP contribution < -0.4 is 4.90 Å². The van der Waals surface area contributed by atoms with Crippen LogP contribution in [0.4, 0.5) is 5.82 Å². The minimum atomic E-state index is 0.883. The molecule has 6 heteroatoms. The third-order valence-electron chi connectivity index (χ3n) is 4.95. The molecule has 3 aromatic heterocycles. The van der Waals surface area contributed by atoms with E-state index in [1.807, 2.05) is 0 Å². The summed E-state index contributed by atoms with van der Waals surface area (Å²) in [7, 11) is 2.17. The van der Waals surface area contributed by atoms with Crippen molar-refractivity contribution in [3.63, 3.8) is 0 Å². The summed E-state index contributed by atoms with van der Waals surface area (Å²) in [5, 5.41) is 0. The van der Waals surface area contributed by atoms with E-state index in [4.69, 9.17) is 15.0 Å². The topological polar surface area (TPSA) is 49.6 Å². The lowest BCUT2D eigenvalue weighted by molar-refractivity contribution is 0.312. The van der Waals surface area contributed by atoms with Crippen LogP contribution in [0.3, 0.4) is 0 Å². The normalized spacial score (nSPS) is 16.4. The Kier molecular flexibility index (Phi) is 3.64. The van der Waals surface area contributed by atoms with Gasteiger partial charge in [-0.15, -0.1) is 0 Å². The van der Waals surface area contributed by atoms with E-state index in [0.29, 0.717) is 0 Å². The Morgan fingerprint density at radius 1 is 0.958 bits per heavy atom. The first-order valence-corrected chi connectivity index (χ1v) is 8.67. The van der Waals surface area contributed by atoms with Crippen LogP contribution in [0.2, 0.25) is 0 Å². The monoisotopic (exact) mass is 324 g/mol. The average Bonchev–Trinajstić information content (AvgIpc) is 2.93. The summed E-state index contributed by atoms with van der Waals surface area (Å²) in [6, 6.07) is 4.19. The van der Waals surface area contributed by atoms with Gasteiger partial charge in [0.15, 0.2) is 5.65 Å². The zero-order chi connectivity index (χ0) is 16.8. The lowest BCUT2D eigenvalue weighted by Gasteiger charge is -2.33. The number of piperazine rings is 1. The number of aryl methyl sites for hydroxylation is 3. The molecule has 0 spiro atoms. The van der Waals surface area contributed by atoms with Gasteiger partial charge in [0.25, 0.3) is 0 Å². The molecule has 3 aromatic rings. The molecule has 0 atom stereocenters. The van der Waals surface area contributed by atoms with Gasteiger partial charge in [-0.05, 0) is 33.0 Å². The SMILES string of the molecule is CCc1nc(C)c2c(C)nc3ccc(N4CCN(C)CC4)nc3n12. The molecule has 0 bridgehead atoms. The minimum absolute atomic E-state index is 0.883. The molecule has 4 heterocycles. The molecule has 0 unspecified atom stereocenters. The molecule has 1 aliphatic rings. The maximum atomic E-state index is 4.98. The summed E-state index contributed by atoms with van der Waals surface area (Å²) in [5.41, 5.74) is 5.00. The summed E-state index contributed by atoms with van der Waals surface area (Å²) in [6.45, 7) is 10.4. The van der Waals surface area contributed by atoms with Gasteiger partial charge in [-0.25, -0.2) is 15.0 Å². The maximum Gasteiger partial charge on any atom is 0.167 e. The zero-order valence-corrected chi connectivity index (χ0v) is 14.9. The van der Waals surface area contributed by atoms with Crippen molar-refractivity contribution >= 4 is 22.5 Å². The Morgan fingerprint density at radius 3 is 2.38 bits per heavy atom. The Hall–Kier alpha value is -2.21. The number of aromatic nitrogens is 4. The van der Waals surface area contributed by atoms with Crippen LogP contribution in [0.25, 0.3) is 16.7 Å². The van der Waals surface area contributed by atoms with Gasteiger partial charge >= 0.3 is 0 Å². The highest BCUT2D eigenvalue weighted by Crippen LogP contribution is 2.24. The molecule has 0 N–H and O–H groups in total. The molecule has 0 saturated carbocycles. The van der Waals surface area contributed by atoms with Gasteiger partial charge in [-0.1, -0.05) is 6.92 Å². The molecule has 24 heavy (non-hydrogen) atoms. The number of fused-ring (bicyclic) bond motifs is 3. The Labute approximate surface area is 142 Å². The second kappa shape index (κ2) is 5.70.